The fourth-order valence-corrected chi connectivity index (χ4v) is 1.68. The van der Waals surface area contributed by atoms with Gasteiger partial charge in [0.25, 0.3) is 0 Å². The first-order valence-corrected chi connectivity index (χ1v) is 5.48. The van der Waals surface area contributed by atoms with E-state index in [4.69, 9.17) is 10.2 Å². The molecule has 1 fully saturated rings. The van der Waals surface area contributed by atoms with E-state index in [-0.39, 0.29) is 12.5 Å². The lowest BCUT2D eigenvalue weighted by Crippen LogP contribution is -2.36. The van der Waals surface area contributed by atoms with Crippen LogP contribution >= 0.6 is 0 Å². The van der Waals surface area contributed by atoms with E-state index in [0.717, 1.165) is 25.9 Å². The molecule has 2 atom stereocenters. The number of aliphatic carboxylic acids is 1. The lowest BCUT2D eigenvalue weighted by molar-refractivity contribution is -0.146. The molecular formula is C10H18N2O4. The Labute approximate surface area is 94.0 Å². The zero-order valence-electron chi connectivity index (χ0n) is 9.11. The van der Waals surface area contributed by atoms with Gasteiger partial charge in [-0.3, -0.25) is 4.79 Å². The predicted octanol–water partition coefficient (Wildman–Crippen LogP) is -1.06. The van der Waals surface area contributed by atoms with Crippen LogP contribution in [0, 0.1) is 5.92 Å². The number of carboxylic acids is 1. The third-order valence-corrected chi connectivity index (χ3v) is 2.72. The first kappa shape index (κ1) is 12.9. The Morgan fingerprint density at radius 2 is 2.25 bits per heavy atom. The van der Waals surface area contributed by atoms with E-state index in [1.165, 1.54) is 0 Å². The summed E-state index contributed by atoms with van der Waals surface area (Å²) in [5.74, 6) is -0.984. The molecule has 4 N–H and O–H groups in total. The van der Waals surface area contributed by atoms with Crippen molar-refractivity contribution in [2.45, 2.75) is 25.4 Å². The zero-order valence-corrected chi connectivity index (χ0v) is 9.11. The highest BCUT2D eigenvalue weighted by Crippen LogP contribution is 2.13. The molecule has 0 bridgehead atoms. The molecule has 1 aliphatic rings. The van der Waals surface area contributed by atoms with E-state index in [9.17, 15) is 9.59 Å². The second-order valence-corrected chi connectivity index (χ2v) is 4.06. The van der Waals surface area contributed by atoms with Crippen LogP contribution in [0.25, 0.3) is 0 Å². The number of hydrogen-bond donors (Lipinski definition) is 4. The molecule has 92 valence electrons. The molecule has 0 radical (unpaired) electrons. The fraction of sp³-hybridized carbons (Fsp3) is 0.800. The smallest absolute Gasteiger partial charge is 0.334 e. The largest absolute Gasteiger partial charge is 0.479 e. The normalized spacial score (nSPS) is 21.7. The van der Waals surface area contributed by atoms with E-state index in [2.05, 4.69) is 10.6 Å². The highest BCUT2D eigenvalue weighted by Gasteiger charge is 2.17. The monoisotopic (exact) mass is 230 g/mol. The van der Waals surface area contributed by atoms with Crippen LogP contribution in [0.15, 0.2) is 0 Å². The van der Waals surface area contributed by atoms with Gasteiger partial charge in [0.2, 0.25) is 5.91 Å². The van der Waals surface area contributed by atoms with Gasteiger partial charge >= 0.3 is 5.97 Å². The average molecular weight is 230 g/mol. The number of nitrogens with one attached hydrogen (secondary N) is 2. The molecule has 6 heteroatoms. The number of hydrogen-bond acceptors (Lipinski definition) is 4. The second-order valence-electron chi connectivity index (χ2n) is 4.06. The van der Waals surface area contributed by atoms with Crippen molar-refractivity contribution in [2.75, 3.05) is 19.6 Å². The summed E-state index contributed by atoms with van der Waals surface area (Å²) < 4.78 is 0. The highest BCUT2D eigenvalue weighted by molar-refractivity contribution is 5.77. The highest BCUT2D eigenvalue weighted by atomic mass is 16.4. The minimum atomic E-state index is -1.52. The van der Waals surface area contributed by atoms with E-state index in [1.807, 2.05) is 0 Å². The minimum absolute atomic E-state index is 0.202. The summed E-state index contributed by atoms with van der Waals surface area (Å²) in [5.41, 5.74) is 0. The van der Waals surface area contributed by atoms with Crippen molar-refractivity contribution >= 4 is 11.9 Å². The Hall–Kier alpha value is -1.14. The maximum atomic E-state index is 11.3. The van der Waals surface area contributed by atoms with Crippen molar-refractivity contribution in [1.29, 1.82) is 0 Å². The van der Waals surface area contributed by atoms with Crippen molar-refractivity contribution < 1.29 is 19.8 Å². The number of amides is 1. The molecular weight excluding hydrogens is 212 g/mol. The molecule has 1 amide bonds. The Balaban J connectivity index is 2.08. The lowest BCUT2D eigenvalue weighted by Gasteiger charge is -2.09. The third kappa shape index (κ3) is 4.59. The van der Waals surface area contributed by atoms with Gasteiger partial charge in [0.1, 0.15) is 0 Å². The maximum Gasteiger partial charge on any atom is 0.334 e. The standard InChI is InChI=1S/C10H18N2O4/c13-8(10(15)16)6-12-9(14)2-1-7-3-4-11-5-7/h7-8,11,13H,1-6H2,(H,12,14)(H,15,16)/t7?,8-/m0/s1. The van der Waals surface area contributed by atoms with Crippen LogP contribution in [0.3, 0.4) is 0 Å². The van der Waals surface area contributed by atoms with E-state index in [0.29, 0.717) is 12.3 Å². The molecule has 1 saturated heterocycles. The summed E-state index contributed by atoms with van der Waals surface area (Å²) >= 11 is 0. The summed E-state index contributed by atoms with van der Waals surface area (Å²) in [6.07, 6.45) is 0.767. The summed E-state index contributed by atoms with van der Waals surface area (Å²) in [4.78, 5) is 21.6. The molecule has 0 aromatic heterocycles. The van der Waals surface area contributed by atoms with Crippen LogP contribution in [0.1, 0.15) is 19.3 Å². The Bertz CT molecular complexity index is 251. The van der Waals surface area contributed by atoms with Crippen molar-refractivity contribution in [2.24, 2.45) is 5.92 Å². The number of carbonyl (C=O) groups excluding carboxylic acids is 1. The summed E-state index contributed by atoms with van der Waals surface area (Å²) in [5, 5.41) is 22.9. The summed E-state index contributed by atoms with van der Waals surface area (Å²) in [7, 11) is 0. The van der Waals surface area contributed by atoms with Crippen LogP contribution in [0.2, 0.25) is 0 Å². The summed E-state index contributed by atoms with van der Waals surface area (Å²) in [6, 6.07) is 0. The van der Waals surface area contributed by atoms with Crippen molar-refractivity contribution in [1.82, 2.24) is 10.6 Å². The Morgan fingerprint density at radius 3 is 2.81 bits per heavy atom. The van der Waals surface area contributed by atoms with Crippen molar-refractivity contribution in [3.05, 3.63) is 0 Å². The van der Waals surface area contributed by atoms with Gasteiger partial charge in [0.15, 0.2) is 6.10 Å². The first-order chi connectivity index (χ1) is 7.59. The molecule has 1 unspecified atom stereocenters. The van der Waals surface area contributed by atoms with Gasteiger partial charge in [0.05, 0.1) is 6.54 Å². The van der Waals surface area contributed by atoms with Gasteiger partial charge in [0, 0.05) is 6.42 Å². The second kappa shape index (κ2) is 6.44. The SMILES string of the molecule is O=C(CCC1CCNC1)NC[C@H](O)C(=O)O. The zero-order chi connectivity index (χ0) is 12.0. The van der Waals surface area contributed by atoms with Crippen molar-refractivity contribution in [3.8, 4) is 0 Å². The van der Waals surface area contributed by atoms with Gasteiger partial charge < -0.3 is 20.8 Å². The van der Waals surface area contributed by atoms with Gasteiger partial charge in [-0.2, -0.15) is 0 Å². The molecule has 6 nitrogen and oxygen atoms in total. The quantitative estimate of drug-likeness (QED) is 0.466. The number of carboxylic acid groups (broad SMARTS) is 1. The number of carbonyl (C=O) groups is 2. The molecule has 0 aliphatic carbocycles. The predicted molar refractivity (Wildman–Crippen MR) is 56.9 cm³/mol. The lowest BCUT2D eigenvalue weighted by atomic mass is 10.0. The fourth-order valence-electron chi connectivity index (χ4n) is 1.68. The van der Waals surface area contributed by atoms with Crippen LogP contribution in [-0.4, -0.2) is 47.8 Å². The average Bonchev–Trinajstić information content (AvgIpc) is 2.75. The molecule has 0 aromatic carbocycles. The van der Waals surface area contributed by atoms with Gasteiger partial charge in [-0.25, -0.2) is 4.79 Å². The molecule has 0 saturated carbocycles. The van der Waals surface area contributed by atoms with Crippen LogP contribution in [0.4, 0.5) is 0 Å². The maximum absolute atomic E-state index is 11.3. The molecule has 1 rings (SSSR count). The van der Waals surface area contributed by atoms with Gasteiger partial charge in [-0.05, 0) is 31.8 Å². The minimum Gasteiger partial charge on any atom is -0.479 e. The van der Waals surface area contributed by atoms with E-state index >= 15 is 0 Å². The molecule has 16 heavy (non-hydrogen) atoms. The Kier molecular flexibility index (Phi) is 5.21. The van der Waals surface area contributed by atoms with Gasteiger partial charge in [-0.1, -0.05) is 0 Å². The Morgan fingerprint density at radius 1 is 1.50 bits per heavy atom. The topological polar surface area (TPSA) is 98.7 Å². The summed E-state index contributed by atoms with van der Waals surface area (Å²) in [6.45, 7) is 1.73. The number of aliphatic hydroxyl groups excluding tert-OH is 1. The van der Waals surface area contributed by atoms with E-state index in [1.54, 1.807) is 0 Å². The molecule has 0 spiro atoms. The first-order valence-electron chi connectivity index (χ1n) is 5.48. The van der Waals surface area contributed by atoms with Crippen LogP contribution in [-0.2, 0) is 9.59 Å². The number of rotatable bonds is 6. The van der Waals surface area contributed by atoms with Crippen molar-refractivity contribution in [3.63, 3.8) is 0 Å². The third-order valence-electron chi connectivity index (χ3n) is 2.72. The van der Waals surface area contributed by atoms with Crippen LogP contribution in [0.5, 0.6) is 0 Å². The molecule has 0 aromatic rings. The van der Waals surface area contributed by atoms with Crippen LogP contribution < -0.4 is 10.6 Å². The molecule has 1 aliphatic heterocycles. The number of aliphatic hydroxyl groups is 1. The van der Waals surface area contributed by atoms with E-state index < -0.39 is 12.1 Å². The molecule has 1 heterocycles. The van der Waals surface area contributed by atoms with Gasteiger partial charge in [-0.15, -0.1) is 0 Å².